The van der Waals surface area contributed by atoms with Crippen molar-refractivity contribution in [1.29, 1.82) is 0 Å². The number of hydrogen-bond acceptors (Lipinski definition) is 1. The quantitative estimate of drug-likeness (QED) is 0.216. The Labute approximate surface area is 161 Å². The molecule has 0 amide bonds. The number of halogens is 18. The van der Waals surface area contributed by atoms with Gasteiger partial charge in [0.1, 0.15) is 3.92 Å². The van der Waals surface area contributed by atoms with E-state index in [1.165, 1.54) is 0 Å². The van der Waals surface area contributed by atoms with E-state index in [4.69, 9.17) is 5.11 Å². The van der Waals surface area contributed by atoms with E-state index < -0.39 is 58.2 Å². The summed E-state index contributed by atoms with van der Waals surface area (Å²) in [6.07, 6.45) is -7.78. The van der Waals surface area contributed by atoms with Crippen LogP contribution in [0, 0.1) is 0 Å². The fourth-order valence-corrected chi connectivity index (χ4v) is 1.88. The van der Waals surface area contributed by atoms with Crippen molar-refractivity contribution in [1.82, 2.24) is 0 Å². The van der Waals surface area contributed by atoms with Gasteiger partial charge in [-0.25, -0.2) is 0 Å². The van der Waals surface area contributed by atoms with Gasteiger partial charge in [0.05, 0.1) is 6.61 Å². The summed E-state index contributed by atoms with van der Waals surface area (Å²) in [5, 5.41) is 8.24. The molecule has 0 rings (SSSR count). The van der Waals surface area contributed by atoms with E-state index in [1.54, 1.807) is 0 Å². The van der Waals surface area contributed by atoms with Crippen LogP contribution in [0.2, 0.25) is 0 Å². The van der Waals surface area contributed by atoms with Crippen molar-refractivity contribution >= 4 is 22.6 Å². The number of rotatable bonds is 8. The van der Waals surface area contributed by atoms with E-state index in [2.05, 4.69) is 0 Å². The van der Waals surface area contributed by atoms with E-state index in [-0.39, 0.29) is 22.6 Å². The Morgan fingerprint density at radius 1 is 0.483 bits per heavy atom. The first-order valence-electron chi connectivity index (χ1n) is 6.19. The molecule has 0 heterocycles. The van der Waals surface area contributed by atoms with Crippen molar-refractivity contribution in [3.63, 3.8) is 0 Å². The molecule has 0 aliphatic heterocycles. The first-order valence-corrected chi connectivity index (χ1v) is 7.44. The van der Waals surface area contributed by atoms with E-state index in [0.29, 0.717) is 0 Å². The smallest absolute Gasteiger partial charge is 0.395 e. The highest BCUT2D eigenvalue weighted by Gasteiger charge is 2.95. The average molecular weight is 590 g/mol. The normalized spacial score (nSPS) is 17.5. The third-order valence-corrected chi connectivity index (χ3v) is 4.48. The number of aliphatic hydroxyl groups excluding tert-OH is 1. The molecule has 0 saturated heterocycles. The Bertz CT molecular complexity index is 594. The third kappa shape index (κ3) is 3.60. The van der Waals surface area contributed by atoms with Gasteiger partial charge in [0.25, 0.3) is 0 Å². The molecule has 1 nitrogen and oxygen atoms in total. The maximum Gasteiger partial charge on any atom is 0.460 e. The Hall–Kier alpha value is -0.500. The second kappa shape index (κ2) is 7.28. The predicted octanol–water partition coefficient (Wildman–Crippen LogP) is 5.79. The van der Waals surface area contributed by atoms with Gasteiger partial charge in [-0.05, 0) is 0 Å². The molecule has 29 heavy (non-hydrogen) atoms. The molecule has 0 spiro atoms. The van der Waals surface area contributed by atoms with Crippen molar-refractivity contribution in [2.75, 3.05) is 6.61 Å². The minimum atomic E-state index is -8.64. The molecule has 0 bridgehead atoms. The Morgan fingerprint density at radius 2 is 0.724 bits per heavy atom. The van der Waals surface area contributed by atoms with Crippen molar-refractivity contribution < 1.29 is 79.7 Å². The van der Waals surface area contributed by atoms with Crippen LogP contribution in [0.3, 0.4) is 0 Å². The van der Waals surface area contributed by atoms with Crippen LogP contribution in [-0.4, -0.2) is 63.3 Å². The SMILES string of the molecule is OCC(I)C(F)(F)C(F)(F)C(F)(F)C(F)(F)C(F)(F)C(F)(F)C(F)(F)C(F)(F)F. The van der Waals surface area contributed by atoms with E-state index >= 15 is 0 Å². The molecule has 0 saturated carbocycles. The molecule has 0 aliphatic rings. The van der Waals surface area contributed by atoms with Crippen LogP contribution in [0.5, 0.6) is 0 Å². The van der Waals surface area contributed by atoms with E-state index in [0.717, 1.165) is 0 Å². The highest BCUT2D eigenvalue weighted by molar-refractivity contribution is 14.1. The molecule has 176 valence electrons. The molecule has 1 atom stereocenters. The zero-order valence-corrected chi connectivity index (χ0v) is 14.7. The lowest BCUT2D eigenvalue weighted by molar-refractivity contribution is -0.461. The average Bonchev–Trinajstić information content (AvgIpc) is 2.51. The molecule has 1 N–H and O–H groups in total. The van der Waals surface area contributed by atoms with Crippen LogP contribution in [0.25, 0.3) is 0 Å². The lowest BCUT2D eigenvalue weighted by atomic mass is 9.88. The summed E-state index contributed by atoms with van der Waals surface area (Å²) < 4.78 is 215. The highest BCUT2D eigenvalue weighted by atomic mass is 127. The summed E-state index contributed by atoms with van der Waals surface area (Å²) in [6, 6.07) is 0. The summed E-state index contributed by atoms with van der Waals surface area (Å²) in [6.45, 7) is -2.19. The first kappa shape index (κ1) is 28.5. The molecule has 0 aromatic heterocycles. The molecular weight excluding hydrogens is 586 g/mol. The molecule has 1 unspecified atom stereocenters. The van der Waals surface area contributed by atoms with Crippen LogP contribution in [0.4, 0.5) is 74.6 Å². The zero-order valence-electron chi connectivity index (χ0n) is 12.5. The number of hydrogen-bond donors (Lipinski definition) is 1. The van der Waals surface area contributed by atoms with Gasteiger partial charge in [-0.2, -0.15) is 74.6 Å². The van der Waals surface area contributed by atoms with Crippen LogP contribution >= 0.6 is 22.6 Å². The second-order valence-corrected chi connectivity index (χ2v) is 6.72. The molecule has 19 heteroatoms. The van der Waals surface area contributed by atoms with Crippen molar-refractivity contribution in [3.05, 3.63) is 0 Å². The molecular formula is C10H4F17IO. The minimum Gasteiger partial charge on any atom is -0.395 e. The standard InChI is InChI=1S/C10H4F17IO/c11-3(12,2(28)1-29)4(13,14)5(15,16)6(17,18)7(19,20)8(21,22)9(23,24)10(25,26)27/h2,29H,1H2. The minimum absolute atomic E-state index is 0.0395. The summed E-state index contributed by atoms with van der Waals surface area (Å²) in [7, 11) is 0. The van der Waals surface area contributed by atoms with Gasteiger partial charge in [0.15, 0.2) is 0 Å². The highest BCUT2D eigenvalue weighted by Crippen LogP contribution is 2.64. The topological polar surface area (TPSA) is 20.2 Å². The maximum absolute atomic E-state index is 13.3. The van der Waals surface area contributed by atoms with Crippen molar-refractivity contribution in [2.45, 2.75) is 51.6 Å². The number of aliphatic hydroxyl groups is 1. The molecule has 0 radical (unpaired) electrons. The van der Waals surface area contributed by atoms with Gasteiger partial charge in [0, 0.05) is 0 Å². The van der Waals surface area contributed by atoms with Gasteiger partial charge in [-0.15, -0.1) is 0 Å². The second-order valence-electron chi connectivity index (χ2n) is 5.22. The number of alkyl halides is 18. The molecule has 0 aromatic carbocycles. The predicted molar refractivity (Wildman–Crippen MR) is 65.6 cm³/mol. The van der Waals surface area contributed by atoms with Crippen LogP contribution in [0.1, 0.15) is 0 Å². The lowest BCUT2D eigenvalue weighted by Crippen LogP contribution is -2.75. The molecule has 0 aliphatic carbocycles. The zero-order chi connectivity index (χ0) is 24.3. The van der Waals surface area contributed by atoms with Gasteiger partial charge in [-0.1, -0.05) is 22.6 Å². The summed E-state index contributed by atoms with van der Waals surface area (Å²) >= 11 is 0.0395. The maximum atomic E-state index is 13.3. The van der Waals surface area contributed by atoms with E-state index in [1.807, 2.05) is 0 Å². The van der Waals surface area contributed by atoms with Crippen LogP contribution in [-0.2, 0) is 0 Å². The van der Waals surface area contributed by atoms with E-state index in [9.17, 15) is 74.6 Å². The molecule has 0 fully saturated rings. The lowest BCUT2D eigenvalue weighted by Gasteiger charge is -2.43. The van der Waals surface area contributed by atoms with Gasteiger partial charge in [0.2, 0.25) is 0 Å². The fraction of sp³-hybridized carbons (Fsp3) is 1.00. The van der Waals surface area contributed by atoms with Crippen LogP contribution < -0.4 is 0 Å². The fourth-order valence-electron chi connectivity index (χ4n) is 1.49. The first-order chi connectivity index (χ1) is 12.2. The third-order valence-electron chi connectivity index (χ3n) is 3.30. The van der Waals surface area contributed by atoms with Gasteiger partial charge in [-0.3, -0.25) is 0 Å². The van der Waals surface area contributed by atoms with Gasteiger partial charge >= 0.3 is 47.6 Å². The summed E-state index contributed by atoms with van der Waals surface area (Å²) in [5.41, 5.74) is 0. The largest absolute Gasteiger partial charge is 0.460 e. The van der Waals surface area contributed by atoms with Crippen molar-refractivity contribution in [3.8, 4) is 0 Å². The summed E-state index contributed by atoms with van der Waals surface area (Å²) in [4.78, 5) is 0. The molecule has 0 aromatic rings. The van der Waals surface area contributed by atoms with Crippen LogP contribution in [0.15, 0.2) is 0 Å². The monoisotopic (exact) mass is 590 g/mol. The Kier molecular flexibility index (Phi) is 7.16. The van der Waals surface area contributed by atoms with Crippen molar-refractivity contribution in [2.24, 2.45) is 0 Å². The van der Waals surface area contributed by atoms with Gasteiger partial charge < -0.3 is 5.11 Å². The summed E-state index contributed by atoms with van der Waals surface area (Å²) in [5.74, 6) is -56.5. The Balaban J connectivity index is 6.73. The Morgan fingerprint density at radius 3 is 0.966 bits per heavy atom.